The van der Waals surface area contributed by atoms with E-state index in [1.807, 2.05) is 68.7 Å². The number of nitrogens with zero attached hydrogens (tertiary/aromatic N) is 5. The first-order valence-electron chi connectivity index (χ1n) is 15.2. The number of amides is 1. The number of para-hydroxylation sites is 1. The Hall–Kier alpha value is -5.20. The quantitative estimate of drug-likeness (QED) is 0.149. The van der Waals surface area contributed by atoms with Gasteiger partial charge in [-0.05, 0) is 46.8 Å². The number of nitrogens with two attached hydrogens (primary N) is 1. The molecule has 4 aromatic rings. The van der Waals surface area contributed by atoms with E-state index in [-0.39, 0.29) is 17.6 Å². The van der Waals surface area contributed by atoms with E-state index >= 15 is 0 Å². The molecule has 0 aliphatic heterocycles. The number of nitrogen functional groups attached to an aromatic ring is 1. The lowest BCUT2D eigenvalue weighted by molar-refractivity contribution is 0.0302. The number of aromatic nitrogens is 3. The molecule has 2 aromatic carbocycles. The Bertz CT molecular complexity index is 1760. The van der Waals surface area contributed by atoms with Crippen LogP contribution >= 0.6 is 0 Å². The number of hydrogen-bond acceptors (Lipinski definition) is 11. The first-order chi connectivity index (χ1) is 22.1. The van der Waals surface area contributed by atoms with Gasteiger partial charge in [0, 0.05) is 63.6 Å². The number of carbonyl (C=O) groups excluding carboxylic acids is 2. The van der Waals surface area contributed by atoms with Crippen molar-refractivity contribution in [2.75, 3.05) is 57.4 Å². The van der Waals surface area contributed by atoms with Crippen molar-refractivity contribution in [3.63, 3.8) is 0 Å². The molecule has 4 rings (SSSR count). The maximum atomic E-state index is 13.2. The third kappa shape index (κ3) is 7.97. The van der Waals surface area contributed by atoms with Gasteiger partial charge in [-0.25, -0.2) is 19.6 Å². The van der Waals surface area contributed by atoms with Gasteiger partial charge in [-0.1, -0.05) is 12.1 Å². The Kier molecular flexibility index (Phi) is 10.4. The SMILES string of the molecule is COc1cc(N(C)CCN(C)C(=O)OC(C)(C)C)c(N)cc1Nc1ncc(C(=O)OC(C)C)c(-c2cn(C)c3c(OC)cccc23)n1. The lowest BCUT2D eigenvalue weighted by Crippen LogP contribution is -2.38. The second-order valence-electron chi connectivity index (χ2n) is 12.5. The number of benzene rings is 2. The van der Waals surface area contributed by atoms with Crippen LogP contribution in [0.3, 0.4) is 0 Å². The van der Waals surface area contributed by atoms with Gasteiger partial charge in [0.1, 0.15) is 22.7 Å². The zero-order valence-electron chi connectivity index (χ0n) is 28.8. The third-order valence-corrected chi connectivity index (χ3v) is 7.27. The Morgan fingerprint density at radius 2 is 1.77 bits per heavy atom. The molecule has 0 fully saturated rings. The van der Waals surface area contributed by atoms with Crippen LogP contribution < -0.4 is 25.4 Å². The van der Waals surface area contributed by atoms with Crippen LogP contribution in [0.2, 0.25) is 0 Å². The molecule has 0 aliphatic carbocycles. The van der Waals surface area contributed by atoms with E-state index in [2.05, 4.69) is 10.3 Å². The fourth-order valence-electron chi connectivity index (χ4n) is 5.01. The molecule has 0 saturated heterocycles. The number of esters is 1. The summed E-state index contributed by atoms with van der Waals surface area (Å²) in [6, 6.07) is 9.25. The van der Waals surface area contributed by atoms with Crippen LogP contribution in [0.4, 0.5) is 27.8 Å². The minimum Gasteiger partial charge on any atom is -0.495 e. The van der Waals surface area contributed by atoms with Crippen molar-refractivity contribution in [3.8, 4) is 22.8 Å². The number of likely N-dealkylation sites (N-methyl/N-ethyl adjacent to an activating group) is 2. The van der Waals surface area contributed by atoms with E-state index in [9.17, 15) is 9.59 Å². The highest BCUT2D eigenvalue weighted by atomic mass is 16.6. The molecule has 47 heavy (non-hydrogen) atoms. The monoisotopic (exact) mass is 647 g/mol. The fraction of sp³-hybridized carbons (Fsp3) is 0.412. The molecule has 0 atom stereocenters. The summed E-state index contributed by atoms with van der Waals surface area (Å²) in [7, 11) is 8.64. The van der Waals surface area contributed by atoms with Gasteiger partial charge >= 0.3 is 12.1 Å². The second kappa shape index (κ2) is 14.1. The largest absolute Gasteiger partial charge is 0.495 e. The van der Waals surface area contributed by atoms with Crippen LogP contribution in [0.5, 0.6) is 11.5 Å². The highest BCUT2D eigenvalue weighted by Gasteiger charge is 2.24. The van der Waals surface area contributed by atoms with Crippen molar-refractivity contribution in [2.24, 2.45) is 7.05 Å². The summed E-state index contributed by atoms with van der Waals surface area (Å²) >= 11 is 0. The number of ether oxygens (including phenoxy) is 4. The summed E-state index contributed by atoms with van der Waals surface area (Å²) in [5.74, 6) is 0.869. The van der Waals surface area contributed by atoms with Crippen molar-refractivity contribution >= 4 is 46.0 Å². The zero-order valence-corrected chi connectivity index (χ0v) is 28.8. The van der Waals surface area contributed by atoms with Crippen molar-refractivity contribution < 1.29 is 28.5 Å². The van der Waals surface area contributed by atoms with Crippen LogP contribution in [0.15, 0.2) is 42.7 Å². The Balaban J connectivity index is 1.67. The maximum absolute atomic E-state index is 13.2. The minimum absolute atomic E-state index is 0.221. The molecule has 0 spiro atoms. The van der Waals surface area contributed by atoms with Gasteiger partial charge < -0.3 is 44.4 Å². The van der Waals surface area contributed by atoms with E-state index in [4.69, 9.17) is 29.7 Å². The summed E-state index contributed by atoms with van der Waals surface area (Å²) < 4.78 is 24.2. The van der Waals surface area contributed by atoms with Gasteiger partial charge in [0.05, 0.1) is 48.6 Å². The smallest absolute Gasteiger partial charge is 0.410 e. The summed E-state index contributed by atoms with van der Waals surface area (Å²) in [5.41, 5.74) is 9.81. The molecule has 13 heteroatoms. The predicted molar refractivity (Wildman–Crippen MR) is 184 cm³/mol. The van der Waals surface area contributed by atoms with Gasteiger partial charge in [0.15, 0.2) is 0 Å². The Morgan fingerprint density at radius 3 is 2.40 bits per heavy atom. The molecule has 0 saturated carbocycles. The summed E-state index contributed by atoms with van der Waals surface area (Å²) in [5, 5.41) is 4.06. The van der Waals surface area contributed by atoms with Crippen LogP contribution in [-0.4, -0.2) is 84.6 Å². The third-order valence-electron chi connectivity index (χ3n) is 7.27. The van der Waals surface area contributed by atoms with E-state index < -0.39 is 17.7 Å². The first kappa shape index (κ1) is 34.7. The van der Waals surface area contributed by atoms with Gasteiger partial charge in [0.25, 0.3) is 0 Å². The predicted octanol–water partition coefficient (Wildman–Crippen LogP) is 5.85. The molecule has 0 aliphatic rings. The highest BCUT2D eigenvalue weighted by molar-refractivity contribution is 6.04. The van der Waals surface area contributed by atoms with Crippen LogP contribution in [0, 0.1) is 0 Å². The summed E-state index contributed by atoms with van der Waals surface area (Å²) in [6.07, 6.45) is 2.62. The average molecular weight is 648 g/mol. The topological polar surface area (TPSA) is 146 Å². The van der Waals surface area contributed by atoms with E-state index in [1.54, 1.807) is 47.2 Å². The number of aryl methyl sites for hydroxylation is 1. The Labute approximate surface area is 275 Å². The van der Waals surface area contributed by atoms with Gasteiger partial charge in [-0.2, -0.15) is 0 Å². The number of anilines is 4. The zero-order chi connectivity index (χ0) is 34.6. The molecule has 3 N–H and O–H groups in total. The van der Waals surface area contributed by atoms with E-state index in [0.29, 0.717) is 52.9 Å². The van der Waals surface area contributed by atoms with Gasteiger partial charge in [0.2, 0.25) is 5.95 Å². The molecule has 252 valence electrons. The summed E-state index contributed by atoms with van der Waals surface area (Å²) in [4.78, 5) is 38.3. The standard InChI is InChI=1S/C34H45N7O6/c1-20(2)46-31(42)22-18-36-32(38-29(22)23-19-41(8)30-21(23)12-11-13-27(30)44-9)37-25-16-24(35)26(17-28(25)45-10)39(6)14-15-40(7)33(43)47-34(3,4)5/h11-13,16-20H,14-15,35H2,1-10H3,(H,36,37,38). The molecule has 2 aromatic heterocycles. The summed E-state index contributed by atoms with van der Waals surface area (Å²) in [6.45, 7) is 9.96. The number of methoxy groups -OCH3 is 2. The maximum Gasteiger partial charge on any atom is 0.410 e. The lowest BCUT2D eigenvalue weighted by atomic mass is 10.1. The molecular weight excluding hydrogens is 602 g/mol. The van der Waals surface area contributed by atoms with Crippen molar-refractivity contribution in [2.45, 2.75) is 46.3 Å². The average Bonchev–Trinajstić information content (AvgIpc) is 3.34. The van der Waals surface area contributed by atoms with E-state index in [1.165, 1.54) is 11.1 Å². The number of nitrogens with one attached hydrogen (secondary N) is 1. The van der Waals surface area contributed by atoms with Crippen molar-refractivity contribution in [3.05, 3.63) is 48.3 Å². The van der Waals surface area contributed by atoms with Gasteiger partial charge in [-0.3, -0.25) is 0 Å². The molecule has 13 nitrogen and oxygen atoms in total. The number of fused-ring (bicyclic) bond motifs is 1. The van der Waals surface area contributed by atoms with Crippen LogP contribution in [0.1, 0.15) is 45.0 Å². The van der Waals surface area contributed by atoms with Crippen molar-refractivity contribution in [1.82, 2.24) is 19.4 Å². The van der Waals surface area contributed by atoms with Crippen LogP contribution in [0.25, 0.3) is 22.2 Å². The van der Waals surface area contributed by atoms with Gasteiger partial charge in [-0.15, -0.1) is 0 Å². The second-order valence-corrected chi connectivity index (χ2v) is 12.5. The first-order valence-corrected chi connectivity index (χ1v) is 15.2. The van der Waals surface area contributed by atoms with Crippen LogP contribution in [-0.2, 0) is 16.5 Å². The molecule has 0 bridgehead atoms. The number of carbonyl (C=O) groups is 2. The molecule has 1 amide bonds. The molecule has 2 heterocycles. The number of hydrogen-bond donors (Lipinski definition) is 2. The molecule has 0 unspecified atom stereocenters. The highest BCUT2D eigenvalue weighted by Crippen LogP contribution is 2.38. The van der Waals surface area contributed by atoms with Crippen molar-refractivity contribution in [1.29, 1.82) is 0 Å². The fourth-order valence-corrected chi connectivity index (χ4v) is 5.01. The number of rotatable bonds is 11. The lowest BCUT2D eigenvalue weighted by Gasteiger charge is -2.28. The normalized spacial score (nSPS) is 11.4. The Morgan fingerprint density at radius 1 is 1.06 bits per heavy atom. The molecular formula is C34H45N7O6. The molecule has 0 radical (unpaired) electrons. The van der Waals surface area contributed by atoms with E-state index in [0.717, 1.165) is 10.9 Å². The minimum atomic E-state index is -0.581.